The molecule has 0 aromatic heterocycles. The summed E-state index contributed by atoms with van der Waals surface area (Å²) in [4.78, 5) is 12.4. The summed E-state index contributed by atoms with van der Waals surface area (Å²) in [5.41, 5.74) is -2.11. The Morgan fingerprint density at radius 2 is 1.68 bits per heavy atom. The van der Waals surface area contributed by atoms with E-state index >= 15 is 0 Å². The van der Waals surface area contributed by atoms with Gasteiger partial charge in [-0.1, -0.05) is 0 Å². The number of ether oxygens (including phenoxy) is 6. The molecule has 2 saturated heterocycles. The van der Waals surface area contributed by atoms with Gasteiger partial charge >= 0.3 is 5.97 Å². The Morgan fingerprint density at radius 3 is 2.26 bits per heavy atom. The molecule has 0 radical (unpaired) electrons. The highest BCUT2D eigenvalue weighted by atomic mass is 16.7. The SMILES string of the molecule is COc1cc(C(=O)OCC2(O)COC(OCC3OC(O)C(O)C(O)C3O)C2O)cc(OC)c1O. The molecule has 34 heavy (non-hydrogen) atoms. The number of benzene rings is 1. The van der Waals surface area contributed by atoms with E-state index in [1.807, 2.05) is 0 Å². The van der Waals surface area contributed by atoms with Crippen LogP contribution < -0.4 is 9.47 Å². The molecule has 1 aromatic rings. The first-order valence-corrected chi connectivity index (χ1v) is 10.2. The van der Waals surface area contributed by atoms with Crippen LogP contribution in [0.1, 0.15) is 10.4 Å². The Hall–Kier alpha value is -2.27. The Kier molecular flexibility index (Phi) is 8.18. The number of aromatic hydroxyl groups is 1. The van der Waals surface area contributed by atoms with Crippen LogP contribution in [0.2, 0.25) is 0 Å². The first-order valence-electron chi connectivity index (χ1n) is 10.2. The lowest BCUT2D eigenvalue weighted by Gasteiger charge is -2.38. The number of hydrogen-bond donors (Lipinski definition) is 7. The van der Waals surface area contributed by atoms with E-state index in [1.54, 1.807) is 0 Å². The first kappa shape index (κ1) is 26.3. The molecule has 2 aliphatic heterocycles. The van der Waals surface area contributed by atoms with Gasteiger partial charge in [-0.15, -0.1) is 0 Å². The van der Waals surface area contributed by atoms with Crippen molar-refractivity contribution >= 4 is 5.97 Å². The molecule has 7 N–H and O–H groups in total. The molecule has 2 heterocycles. The van der Waals surface area contributed by atoms with Crippen LogP contribution >= 0.6 is 0 Å². The van der Waals surface area contributed by atoms with Gasteiger partial charge in [-0.3, -0.25) is 0 Å². The minimum absolute atomic E-state index is 0.0439. The number of methoxy groups -OCH3 is 2. The lowest BCUT2D eigenvalue weighted by Crippen LogP contribution is -2.59. The molecule has 2 fully saturated rings. The number of aliphatic hydroxyl groups excluding tert-OH is 5. The highest BCUT2D eigenvalue weighted by Gasteiger charge is 2.51. The Bertz CT molecular complexity index is 839. The van der Waals surface area contributed by atoms with Crippen LogP contribution in [0.3, 0.4) is 0 Å². The summed E-state index contributed by atoms with van der Waals surface area (Å²) >= 11 is 0. The van der Waals surface area contributed by atoms with E-state index < -0.39 is 74.5 Å². The van der Waals surface area contributed by atoms with Crippen molar-refractivity contribution in [2.24, 2.45) is 0 Å². The summed E-state index contributed by atoms with van der Waals surface area (Å²) in [6.45, 7) is -1.65. The average molecular weight is 492 g/mol. The van der Waals surface area contributed by atoms with Gasteiger partial charge < -0.3 is 64.2 Å². The molecule has 0 spiro atoms. The van der Waals surface area contributed by atoms with Crippen LogP contribution in [0, 0.1) is 0 Å². The van der Waals surface area contributed by atoms with Crippen LogP contribution in [0.25, 0.3) is 0 Å². The van der Waals surface area contributed by atoms with Crippen LogP contribution in [0.4, 0.5) is 0 Å². The van der Waals surface area contributed by atoms with Crippen LogP contribution in [-0.2, 0) is 18.9 Å². The molecule has 3 rings (SSSR count). The summed E-state index contributed by atoms with van der Waals surface area (Å²) in [5, 5.41) is 69.7. The Labute approximate surface area is 193 Å². The molecule has 192 valence electrons. The largest absolute Gasteiger partial charge is 0.502 e. The number of esters is 1. The van der Waals surface area contributed by atoms with Gasteiger partial charge in [0.05, 0.1) is 33.0 Å². The maximum absolute atomic E-state index is 12.4. The monoisotopic (exact) mass is 492 g/mol. The summed E-state index contributed by atoms with van der Waals surface area (Å²) < 4.78 is 30.5. The number of aliphatic hydroxyl groups is 6. The second-order valence-electron chi connectivity index (χ2n) is 7.90. The quantitative estimate of drug-likeness (QED) is 0.178. The Morgan fingerprint density at radius 1 is 1.06 bits per heavy atom. The van der Waals surface area contributed by atoms with Gasteiger partial charge in [-0.25, -0.2) is 4.79 Å². The van der Waals surface area contributed by atoms with Crippen molar-refractivity contribution in [2.75, 3.05) is 34.0 Å². The van der Waals surface area contributed by atoms with Gasteiger partial charge in [-0.05, 0) is 12.1 Å². The van der Waals surface area contributed by atoms with Crippen molar-refractivity contribution in [3.8, 4) is 17.2 Å². The zero-order chi connectivity index (χ0) is 25.2. The third-order valence-corrected chi connectivity index (χ3v) is 5.59. The van der Waals surface area contributed by atoms with Crippen LogP contribution in [-0.4, -0.2) is 124 Å². The molecule has 0 saturated carbocycles. The van der Waals surface area contributed by atoms with E-state index in [-0.39, 0.29) is 22.8 Å². The van der Waals surface area contributed by atoms with E-state index in [4.69, 9.17) is 28.4 Å². The molecule has 0 amide bonds. The molecule has 8 atom stereocenters. The fraction of sp³-hybridized carbons (Fsp3) is 0.650. The molecule has 2 aliphatic rings. The number of phenols is 1. The van der Waals surface area contributed by atoms with Gasteiger partial charge in [0, 0.05) is 0 Å². The lowest BCUT2D eigenvalue weighted by molar-refractivity contribution is -0.297. The summed E-state index contributed by atoms with van der Waals surface area (Å²) in [6, 6.07) is 2.40. The summed E-state index contributed by atoms with van der Waals surface area (Å²) in [6.07, 6.45) is -11.2. The second kappa shape index (κ2) is 10.6. The van der Waals surface area contributed by atoms with E-state index in [1.165, 1.54) is 26.4 Å². The predicted molar refractivity (Wildman–Crippen MR) is 107 cm³/mol. The zero-order valence-electron chi connectivity index (χ0n) is 18.3. The van der Waals surface area contributed by atoms with Gasteiger partial charge in [0.25, 0.3) is 0 Å². The van der Waals surface area contributed by atoms with Crippen molar-refractivity contribution in [2.45, 2.75) is 48.7 Å². The van der Waals surface area contributed by atoms with E-state index in [0.29, 0.717) is 0 Å². The normalized spacial score (nSPS) is 35.7. The van der Waals surface area contributed by atoms with E-state index in [9.17, 15) is 40.5 Å². The molecule has 14 heteroatoms. The third kappa shape index (κ3) is 5.19. The third-order valence-electron chi connectivity index (χ3n) is 5.59. The molecular weight excluding hydrogens is 464 g/mol. The highest BCUT2D eigenvalue weighted by molar-refractivity contribution is 5.91. The van der Waals surface area contributed by atoms with Crippen molar-refractivity contribution in [3.05, 3.63) is 17.7 Å². The number of phenolic OH excluding ortho intramolecular Hbond substituents is 1. The Balaban J connectivity index is 1.57. The fourth-order valence-electron chi connectivity index (χ4n) is 3.47. The minimum atomic E-state index is -2.05. The van der Waals surface area contributed by atoms with Crippen molar-refractivity contribution < 1.29 is 69.0 Å². The van der Waals surface area contributed by atoms with Gasteiger partial charge in [-0.2, -0.15) is 0 Å². The molecular formula is C20H28O14. The van der Waals surface area contributed by atoms with Gasteiger partial charge in [0.15, 0.2) is 29.7 Å². The number of hydrogen-bond acceptors (Lipinski definition) is 14. The van der Waals surface area contributed by atoms with Crippen LogP contribution in [0.5, 0.6) is 17.2 Å². The average Bonchev–Trinajstić information content (AvgIpc) is 3.11. The van der Waals surface area contributed by atoms with Crippen molar-refractivity contribution in [1.29, 1.82) is 0 Å². The zero-order valence-corrected chi connectivity index (χ0v) is 18.3. The van der Waals surface area contributed by atoms with Crippen molar-refractivity contribution in [1.82, 2.24) is 0 Å². The maximum Gasteiger partial charge on any atom is 0.338 e. The minimum Gasteiger partial charge on any atom is -0.502 e. The highest BCUT2D eigenvalue weighted by Crippen LogP contribution is 2.37. The lowest BCUT2D eigenvalue weighted by atomic mass is 9.99. The number of rotatable bonds is 8. The van der Waals surface area contributed by atoms with E-state index in [2.05, 4.69) is 0 Å². The summed E-state index contributed by atoms with van der Waals surface area (Å²) in [7, 11) is 2.55. The number of carbonyl (C=O) groups is 1. The summed E-state index contributed by atoms with van der Waals surface area (Å²) in [5.74, 6) is -1.32. The van der Waals surface area contributed by atoms with Gasteiger partial charge in [0.1, 0.15) is 37.1 Å². The molecule has 0 aliphatic carbocycles. The molecule has 1 aromatic carbocycles. The van der Waals surface area contributed by atoms with E-state index in [0.717, 1.165) is 0 Å². The standard InChI is InChI=1S/C20H28O14/c1-29-9-3-8(4-10(30-2)12(9)21)17(26)32-6-20(28)7-33-19(16(20)25)31-5-11-13(22)14(23)15(24)18(27)34-11/h3-4,11,13-16,18-19,21-25,27-28H,5-7H2,1-2H3. The first-order chi connectivity index (χ1) is 16.0. The van der Waals surface area contributed by atoms with Gasteiger partial charge in [0.2, 0.25) is 5.75 Å². The van der Waals surface area contributed by atoms with Crippen molar-refractivity contribution in [3.63, 3.8) is 0 Å². The maximum atomic E-state index is 12.4. The van der Waals surface area contributed by atoms with Crippen LogP contribution in [0.15, 0.2) is 12.1 Å². The second-order valence-corrected chi connectivity index (χ2v) is 7.90. The number of carbonyl (C=O) groups excluding carboxylic acids is 1. The smallest absolute Gasteiger partial charge is 0.338 e. The fourth-order valence-corrected chi connectivity index (χ4v) is 3.47. The molecule has 0 bridgehead atoms. The molecule has 14 nitrogen and oxygen atoms in total. The molecule has 8 unspecified atom stereocenters. The predicted octanol–water partition coefficient (Wildman–Crippen LogP) is -3.17. The topological polar surface area (TPSA) is 214 Å².